The summed E-state index contributed by atoms with van der Waals surface area (Å²) < 4.78 is 0. The zero-order valence-electron chi connectivity index (χ0n) is 15.5. The number of carbonyl (C=O) groups is 1. The fraction of sp³-hybridized carbons (Fsp3) is 0.550. The van der Waals surface area contributed by atoms with Crippen LogP contribution in [0, 0.1) is 0 Å². The molecule has 1 aromatic carbocycles. The monoisotopic (exact) mass is 348 g/mol. The van der Waals surface area contributed by atoms with Crippen LogP contribution in [0.1, 0.15) is 62.2 Å². The van der Waals surface area contributed by atoms with Gasteiger partial charge in [0.15, 0.2) is 0 Å². The molecule has 1 aromatic rings. The van der Waals surface area contributed by atoms with E-state index in [2.05, 4.69) is 26.6 Å². The van der Waals surface area contributed by atoms with Gasteiger partial charge in [-0.2, -0.15) is 4.89 Å². The normalized spacial score (nSPS) is 11.3. The summed E-state index contributed by atoms with van der Waals surface area (Å²) in [7, 11) is -1.58. The van der Waals surface area contributed by atoms with Crippen molar-refractivity contribution in [1.29, 1.82) is 0 Å². The topological polar surface area (TPSA) is 35.5 Å². The van der Waals surface area contributed by atoms with Gasteiger partial charge in [-0.25, -0.2) is 4.79 Å². The zero-order valence-corrected chi connectivity index (χ0v) is 16.5. The van der Waals surface area contributed by atoms with Crippen molar-refractivity contribution < 1.29 is 14.6 Å². The molecule has 0 amide bonds. The predicted octanol–water partition coefficient (Wildman–Crippen LogP) is 5.17. The minimum Gasteiger partial charge on any atom is -0.293 e. The molecule has 3 nitrogen and oxygen atoms in total. The molecule has 0 unspecified atom stereocenters. The van der Waals surface area contributed by atoms with Gasteiger partial charge >= 0.3 is 5.97 Å². The average Bonchev–Trinajstić information content (AvgIpc) is 2.60. The first-order valence-corrected chi connectivity index (χ1v) is 12.2. The molecule has 0 aliphatic rings. The molecule has 24 heavy (non-hydrogen) atoms. The highest BCUT2D eigenvalue weighted by Gasteiger charge is 2.19. The van der Waals surface area contributed by atoms with Crippen molar-refractivity contribution in [2.24, 2.45) is 0 Å². The Hall–Kier alpha value is -1.39. The molecule has 0 aliphatic heterocycles. The summed E-state index contributed by atoms with van der Waals surface area (Å²) in [5.41, 5.74) is 2.55. The Morgan fingerprint density at radius 2 is 1.62 bits per heavy atom. The maximum absolute atomic E-state index is 11.9. The lowest BCUT2D eigenvalue weighted by molar-refractivity contribution is -0.241. The SMILES string of the molecule is C=C[Si](C)(C)c1ccc(C(=O)OOCCCCCCCCC)cc1. The first kappa shape index (κ1) is 20.7. The van der Waals surface area contributed by atoms with E-state index < -0.39 is 14.0 Å². The molecule has 0 atom stereocenters. The average molecular weight is 349 g/mol. The standard InChI is InChI=1S/C20H32O3Si/c1-5-7-8-9-10-11-12-17-22-23-20(21)18-13-15-19(16-14-18)24(3,4)6-2/h6,13-16H,2,5,7-12,17H2,1,3-4H3. The van der Waals surface area contributed by atoms with Crippen LogP contribution < -0.4 is 5.19 Å². The van der Waals surface area contributed by atoms with Crippen molar-refractivity contribution >= 4 is 19.2 Å². The van der Waals surface area contributed by atoms with E-state index in [1.54, 1.807) is 12.1 Å². The highest BCUT2D eigenvalue weighted by molar-refractivity contribution is 6.93. The molecular formula is C20H32O3Si. The molecule has 4 heteroatoms. The number of hydrogen-bond acceptors (Lipinski definition) is 3. The molecule has 134 valence electrons. The Labute approximate surface area is 148 Å². The summed E-state index contributed by atoms with van der Waals surface area (Å²) in [6.45, 7) is 11.0. The van der Waals surface area contributed by atoms with E-state index in [1.807, 2.05) is 17.8 Å². The van der Waals surface area contributed by atoms with Gasteiger partial charge in [-0.15, -0.1) is 6.58 Å². The molecule has 0 bridgehead atoms. The van der Waals surface area contributed by atoms with Crippen LogP contribution >= 0.6 is 0 Å². The van der Waals surface area contributed by atoms with E-state index in [0.717, 1.165) is 12.8 Å². The van der Waals surface area contributed by atoms with Gasteiger partial charge in [0.25, 0.3) is 0 Å². The lowest BCUT2D eigenvalue weighted by Gasteiger charge is -2.17. The molecule has 0 N–H and O–H groups in total. The number of rotatable bonds is 12. The summed E-state index contributed by atoms with van der Waals surface area (Å²) in [4.78, 5) is 21.8. The van der Waals surface area contributed by atoms with Crippen LogP contribution in [0.3, 0.4) is 0 Å². The van der Waals surface area contributed by atoms with Gasteiger partial charge in [0.05, 0.1) is 12.2 Å². The van der Waals surface area contributed by atoms with E-state index >= 15 is 0 Å². The second-order valence-corrected chi connectivity index (χ2v) is 11.2. The highest BCUT2D eigenvalue weighted by atomic mass is 28.3. The van der Waals surface area contributed by atoms with E-state index in [0.29, 0.717) is 12.2 Å². The lowest BCUT2D eigenvalue weighted by atomic mass is 10.1. The van der Waals surface area contributed by atoms with Crippen LogP contribution in [0.15, 0.2) is 36.5 Å². The fourth-order valence-electron chi connectivity index (χ4n) is 2.42. The highest BCUT2D eigenvalue weighted by Crippen LogP contribution is 2.09. The van der Waals surface area contributed by atoms with Crippen LogP contribution in [0.2, 0.25) is 13.1 Å². The largest absolute Gasteiger partial charge is 0.373 e. The van der Waals surface area contributed by atoms with Crippen molar-refractivity contribution in [2.45, 2.75) is 65.0 Å². The molecule has 0 aromatic heterocycles. The van der Waals surface area contributed by atoms with Crippen LogP contribution in [0.5, 0.6) is 0 Å². The predicted molar refractivity (Wildman–Crippen MR) is 103 cm³/mol. The molecule has 0 heterocycles. The van der Waals surface area contributed by atoms with Gasteiger partial charge in [-0.05, 0) is 18.6 Å². The molecule has 1 rings (SSSR count). The van der Waals surface area contributed by atoms with Gasteiger partial charge in [0, 0.05) is 0 Å². The summed E-state index contributed by atoms with van der Waals surface area (Å²) in [5, 5.41) is 1.25. The van der Waals surface area contributed by atoms with E-state index in [1.165, 1.54) is 37.3 Å². The maximum atomic E-state index is 11.9. The quantitative estimate of drug-likeness (QED) is 0.226. The first-order valence-electron chi connectivity index (χ1n) is 9.09. The Morgan fingerprint density at radius 1 is 1.04 bits per heavy atom. The minimum absolute atomic E-state index is 0.428. The van der Waals surface area contributed by atoms with Gasteiger partial charge in [-0.3, -0.25) is 4.89 Å². The van der Waals surface area contributed by atoms with Gasteiger partial charge < -0.3 is 0 Å². The number of hydrogen-bond donors (Lipinski definition) is 0. The third-order valence-electron chi connectivity index (χ3n) is 4.34. The second-order valence-electron chi connectivity index (χ2n) is 6.82. The van der Waals surface area contributed by atoms with Crippen molar-refractivity contribution in [1.82, 2.24) is 0 Å². The van der Waals surface area contributed by atoms with E-state index in [-0.39, 0.29) is 0 Å². The van der Waals surface area contributed by atoms with Crippen LogP contribution in [0.4, 0.5) is 0 Å². The smallest absolute Gasteiger partial charge is 0.293 e. The summed E-state index contributed by atoms with van der Waals surface area (Å²) in [6, 6.07) is 7.57. The third-order valence-corrected chi connectivity index (χ3v) is 7.18. The van der Waals surface area contributed by atoms with E-state index in [9.17, 15) is 4.79 Å². The molecule has 0 aliphatic carbocycles. The molecule has 0 radical (unpaired) electrons. The number of benzene rings is 1. The lowest BCUT2D eigenvalue weighted by Crippen LogP contribution is -2.39. The van der Waals surface area contributed by atoms with Crippen molar-refractivity contribution in [3.63, 3.8) is 0 Å². The van der Waals surface area contributed by atoms with Crippen LogP contribution in [0.25, 0.3) is 0 Å². The van der Waals surface area contributed by atoms with Crippen LogP contribution in [-0.4, -0.2) is 20.7 Å². The number of carbonyl (C=O) groups excluding carboxylic acids is 1. The molecule has 0 fully saturated rings. The summed E-state index contributed by atoms with van der Waals surface area (Å²) in [6.07, 6.45) is 8.46. The van der Waals surface area contributed by atoms with Crippen molar-refractivity contribution in [2.75, 3.05) is 6.61 Å². The third kappa shape index (κ3) is 7.45. The second kappa shape index (κ2) is 11.2. The van der Waals surface area contributed by atoms with Crippen molar-refractivity contribution in [3.05, 3.63) is 42.1 Å². The van der Waals surface area contributed by atoms with Crippen LogP contribution in [-0.2, 0) is 9.78 Å². The molecule has 0 saturated heterocycles. The molecule has 0 spiro atoms. The van der Waals surface area contributed by atoms with Gasteiger partial charge in [-0.1, -0.05) is 81.6 Å². The molecular weight excluding hydrogens is 316 g/mol. The Kier molecular flexibility index (Phi) is 9.65. The first-order chi connectivity index (χ1) is 11.5. The van der Waals surface area contributed by atoms with Crippen molar-refractivity contribution in [3.8, 4) is 0 Å². The van der Waals surface area contributed by atoms with Gasteiger partial charge in [0.2, 0.25) is 0 Å². The minimum atomic E-state index is -1.58. The number of unbranched alkanes of at least 4 members (excludes halogenated alkanes) is 6. The molecule has 0 saturated carbocycles. The summed E-state index contributed by atoms with van der Waals surface area (Å²) >= 11 is 0. The van der Waals surface area contributed by atoms with E-state index in [4.69, 9.17) is 9.78 Å². The Balaban J connectivity index is 2.23. The fourth-order valence-corrected chi connectivity index (χ4v) is 3.68. The summed E-state index contributed by atoms with van der Waals surface area (Å²) in [5.74, 6) is -0.428. The zero-order chi connectivity index (χ0) is 17.8. The Bertz CT molecular complexity index is 494. The Morgan fingerprint density at radius 3 is 2.21 bits per heavy atom. The maximum Gasteiger partial charge on any atom is 0.373 e. The van der Waals surface area contributed by atoms with Gasteiger partial charge in [0.1, 0.15) is 8.07 Å².